The zero-order chi connectivity index (χ0) is 19.0. The molecule has 0 bridgehead atoms. The Kier molecular flexibility index (Phi) is 4.44. The van der Waals surface area contributed by atoms with E-state index in [1.165, 1.54) is 0 Å². The van der Waals surface area contributed by atoms with E-state index in [1.54, 1.807) is 24.5 Å². The average molecular weight is 362 g/mol. The maximum absolute atomic E-state index is 12.6. The Morgan fingerprint density at radius 3 is 2.67 bits per heavy atom. The minimum Gasteiger partial charge on any atom is -0.464 e. The molecule has 4 rings (SSSR count). The lowest BCUT2D eigenvalue weighted by atomic mass is 10.0. The van der Waals surface area contributed by atoms with Gasteiger partial charge in [0.2, 0.25) is 5.91 Å². The number of aryl methyl sites for hydroxylation is 2. The van der Waals surface area contributed by atoms with Crippen LogP contribution < -0.4 is 10.6 Å². The van der Waals surface area contributed by atoms with Gasteiger partial charge in [-0.1, -0.05) is 24.3 Å². The third-order valence-corrected chi connectivity index (χ3v) is 5.05. The number of carbonyl (C=O) groups is 2. The van der Waals surface area contributed by atoms with Crippen LogP contribution in [0.5, 0.6) is 0 Å². The number of rotatable bonds is 5. The van der Waals surface area contributed by atoms with Crippen LogP contribution in [0.25, 0.3) is 11.0 Å². The molecule has 0 radical (unpaired) electrons. The van der Waals surface area contributed by atoms with E-state index in [1.807, 2.05) is 32.0 Å². The number of furan rings is 1. The summed E-state index contributed by atoms with van der Waals surface area (Å²) in [6.07, 6.45) is 3.87. The Morgan fingerprint density at radius 2 is 1.89 bits per heavy atom. The summed E-state index contributed by atoms with van der Waals surface area (Å²) >= 11 is 0. The van der Waals surface area contributed by atoms with Crippen molar-refractivity contribution in [3.8, 4) is 0 Å². The second-order valence-electron chi connectivity index (χ2n) is 7.16. The Bertz CT molecular complexity index is 1030. The molecule has 1 saturated carbocycles. The largest absolute Gasteiger partial charge is 0.464 e. The van der Waals surface area contributed by atoms with Gasteiger partial charge in [-0.25, -0.2) is 0 Å². The van der Waals surface area contributed by atoms with Crippen LogP contribution in [0.1, 0.15) is 39.9 Å². The summed E-state index contributed by atoms with van der Waals surface area (Å²) in [6.45, 7) is 4.05. The normalized spacial score (nSPS) is 13.6. The Balaban J connectivity index is 1.52. The van der Waals surface area contributed by atoms with E-state index in [9.17, 15) is 9.59 Å². The van der Waals surface area contributed by atoms with Crippen LogP contribution in [0.3, 0.4) is 0 Å². The molecule has 1 fully saturated rings. The summed E-state index contributed by atoms with van der Waals surface area (Å²) in [7, 11) is 0. The Labute approximate surface area is 157 Å². The first-order chi connectivity index (χ1) is 13.0. The molecule has 1 heterocycles. The fraction of sp³-hybridized carbons (Fsp3) is 0.273. The lowest BCUT2D eigenvalue weighted by Gasteiger charge is -2.11. The number of anilines is 1. The molecule has 2 N–H and O–H groups in total. The first-order valence-corrected chi connectivity index (χ1v) is 9.19. The highest BCUT2D eigenvalue weighted by Crippen LogP contribution is 2.27. The van der Waals surface area contributed by atoms with Crippen LogP contribution in [0.15, 0.2) is 47.1 Å². The number of benzene rings is 2. The first-order valence-electron chi connectivity index (χ1n) is 9.19. The number of hydrogen-bond donors (Lipinski definition) is 2. The zero-order valence-corrected chi connectivity index (χ0v) is 15.5. The fourth-order valence-electron chi connectivity index (χ4n) is 3.17. The second-order valence-corrected chi connectivity index (χ2v) is 7.16. The highest BCUT2D eigenvalue weighted by atomic mass is 16.3. The predicted molar refractivity (Wildman–Crippen MR) is 105 cm³/mol. The molecule has 0 spiro atoms. The van der Waals surface area contributed by atoms with Gasteiger partial charge in [-0.05, 0) is 49.9 Å². The summed E-state index contributed by atoms with van der Waals surface area (Å²) in [5.41, 5.74) is 4.92. The molecule has 2 aromatic carbocycles. The smallest absolute Gasteiger partial charge is 0.253 e. The molecule has 138 valence electrons. The lowest BCUT2D eigenvalue weighted by Crippen LogP contribution is -2.27. The second kappa shape index (κ2) is 6.91. The van der Waals surface area contributed by atoms with Crippen molar-refractivity contribution in [2.45, 2.75) is 39.2 Å². The standard InChI is InChI=1S/C22H22N2O3/c1-13-7-10-17-15(12-27-21(17)14(13)2)11-20(25)24-19-6-4-3-5-18(19)22(26)23-16-8-9-16/h3-7,10,12,16H,8-9,11H2,1-2H3,(H,23,26)(H,24,25). The number of para-hydroxylation sites is 1. The van der Waals surface area contributed by atoms with E-state index >= 15 is 0 Å². The molecule has 3 aromatic rings. The van der Waals surface area contributed by atoms with Crippen LogP contribution in [0.4, 0.5) is 5.69 Å². The summed E-state index contributed by atoms with van der Waals surface area (Å²) in [6, 6.07) is 11.4. The molecule has 5 heteroatoms. The van der Waals surface area contributed by atoms with Gasteiger partial charge in [-0.3, -0.25) is 9.59 Å². The van der Waals surface area contributed by atoms with Crippen molar-refractivity contribution in [2.75, 3.05) is 5.32 Å². The van der Waals surface area contributed by atoms with Gasteiger partial charge in [0.15, 0.2) is 0 Å². The predicted octanol–water partition coefficient (Wildman–Crippen LogP) is 4.12. The van der Waals surface area contributed by atoms with E-state index in [-0.39, 0.29) is 24.3 Å². The molecule has 0 saturated heterocycles. The number of carbonyl (C=O) groups excluding carboxylic acids is 2. The van der Waals surface area contributed by atoms with E-state index < -0.39 is 0 Å². The van der Waals surface area contributed by atoms with Gasteiger partial charge in [-0.15, -0.1) is 0 Å². The summed E-state index contributed by atoms with van der Waals surface area (Å²) in [5, 5.41) is 6.78. The third-order valence-electron chi connectivity index (χ3n) is 5.05. The lowest BCUT2D eigenvalue weighted by molar-refractivity contribution is -0.115. The van der Waals surface area contributed by atoms with Crippen molar-refractivity contribution in [3.63, 3.8) is 0 Å². The molecule has 27 heavy (non-hydrogen) atoms. The van der Waals surface area contributed by atoms with Crippen molar-refractivity contribution in [2.24, 2.45) is 0 Å². The fourth-order valence-corrected chi connectivity index (χ4v) is 3.17. The van der Waals surface area contributed by atoms with Gasteiger partial charge in [-0.2, -0.15) is 0 Å². The first kappa shape index (κ1) is 17.3. The van der Waals surface area contributed by atoms with E-state index in [0.717, 1.165) is 40.5 Å². The Hall–Kier alpha value is -3.08. The highest BCUT2D eigenvalue weighted by Gasteiger charge is 2.25. The number of amides is 2. The monoisotopic (exact) mass is 362 g/mol. The zero-order valence-electron chi connectivity index (χ0n) is 15.5. The maximum atomic E-state index is 12.6. The molecule has 1 aliphatic carbocycles. The number of nitrogens with one attached hydrogen (secondary N) is 2. The number of hydrogen-bond acceptors (Lipinski definition) is 3. The quantitative estimate of drug-likeness (QED) is 0.717. The minimum absolute atomic E-state index is 0.145. The van der Waals surface area contributed by atoms with Crippen molar-refractivity contribution in [3.05, 3.63) is 64.9 Å². The summed E-state index contributed by atoms with van der Waals surface area (Å²) in [4.78, 5) is 25.0. The SMILES string of the molecule is Cc1ccc2c(CC(=O)Nc3ccccc3C(=O)NC3CC3)coc2c1C. The van der Waals surface area contributed by atoms with Gasteiger partial charge >= 0.3 is 0 Å². The third kappa shape index (κ3) is 3.58. The van der Waals surface area contributed by atoms with Crippen molar-refractivity contribution < 1.29 is 14.0 Å². The minimum atomic E-state index is -0.178. The van der Waals surface area contributed by atoms with Crippen LogP contribution in [-0.4, -0.2) is 17.9 Å². The van der Waals surface area contributed by atoms with Crippen molar-refractivity contribution in [1.82, 2.24) is 5.32 Å². The van der Waals surface area contributed by atoms with Crippen molar-refractivity contribution >= 4 is 28.5 Å². The molecule has 1 aromatic heterocycles. The Morgan fingerprint density at radius 1 is 1.11 bits per heavy atom. The molecular weight excluding hydrogens is 340 g/mol. The van der Waals surface area contributed by atoms with Gasteiger partial charge in [0, 0.05) is 17.0 Å². The topological polar surface area (TPSA) is 71.3 Å². The highest BCUT2D eigenvalue weighted by molar-refractivity contribution is 6.04. The molecule has 1 aliphatic rings. The molecular formula is C22H22N2O3. The molecule has 2 amide bonds. The van der Waals surface area contributed by atoms with Gasteiger partial charge in [0.25, 0.3) is 5.91 Å². The number of fused-ring (bicyclic) bond motifs is 1. The van der Waals surface area contributed by atoms with E-state index in [0.29, 0.717) is 11.3 Å². The van der Waals surface area contributed by atoms with Crippen LogP contribution in [0.2, 0.25) is 0 Å². The van der Waals surface area contributed by atoms with Crippen LogP contribution >= 0.6 is 0 Å². The molecule has 5 nitrogen and oxygen atoms in total. The van der Waals surface area contributed by atoms with E-state index in [4.69, 9.17) is 4.42 Å². The summed E-state index contributed by atoms with van der Waals surface area (Å²) in [5.74, 6) is -0.323. The molecule has 0 aliphatic heterocycles. The van der Waals surface area contributed by atoms with E-state index in [2.05, 4.69) is 10.6 Å². The molecule has 0 atom stereocenters. The van der Waals surface area contributed by atoms with Crippen LogP contribution in [-0.2, 0) is 11.2 Å². The van der Waals surface area contributed by atoms with Gasteiger partial charge in [0.05, 0.1) is 23.9 Å². The molecule has 0 unspecified atom stereocenters. The summed E-state index contributed by atoms with van der Waals surface area (Å²) < 4.78 is 5.68. The van der Waals surface area contributed by atoms with Crippen LogP contribution in [0, 0.1) is 13.8 Å². The van der Waals surface area contributed by atoms with Crippen molar-refractivity contribution in [1.29, 1.82) is 0 Å². The average Bonchev–Trinajstić information content (AvgIpc) is 3.37. The van der Waals surface area contributed by atoms with Gasteiger partial charge < -0.3 is 15.1 Å². The van der Waals surface area contributed by atoms with Gasteiger partial charge in [0.1, 0.15) is 5.58 Å². The maximum Gasteiger partial charge on any atom is 0.253 e.